The van der Waals surface area contributed by atoms with Gasteiger partial charge in [-0.1, -0.05) is 0 Å². The molecule has 0 aromatic carbocycles. The smallest absolute Gasteiger partial charge is 0.223 e. The van der Waals surface area contributed by atoms with Gasteiger partial charge >= 0.3 is 0 Å². The highest BCUT2D eigenvalue weighted by Crippen LogP contribution is 1.91. The van der Waals surface area contributed by atoms with Crippen molar-refractivity contribution in [2.24, 2.45) is 0 Å². The number of amides is 1. The Hall–Kier alpha value is -0.280. The van der Waals surface area contributed by atoms with Crippen LogP contribution in [0, 0.1) is 0 Å². The minimum atomic E-state index is 0. The summed E-state index contributed by atoms with van der Waals surface area (Å²) in [6.07, 6.45) is 0.609. The van der Waals surface area contributed by atoms with Crippen LogP contribution in [0.2, 0.25) is 0 Å². The van der Waals surface area contributed by atoms with Crippen molar-refractivity contribution < 1.29 is 4.79 Å². The monoisotopic (exact) mass is 194 g/mol. The van der Waals surface area contributed by atoms with Gasteiger partial charge in [0.15, 0.2) is 0 Å². The van der Waals surface area contributed by atoms with Crippen LogP contribution in [0.5, 0.6) is 0 Å². The predicted molar refractivity (Wildman–Crippen MR) is 53.7 cm³/mol. The Kier molecular flexibility index (Phi) is 10.5. The number of nitrogens with one attached hydrogen (secondary N) is 1. The van der Waals surface area contributed by atoms with E-state index in [0.29, 0.717) is 6.42 Å². The van der Waals surface area contributed by atoms with Gasteiger partial charge in [0, 0.05) is 26.1 Å². The van der Waals surface area contributed by atoms with E-state index < -0.39 is 0 Å². The maximum Gasteiger partial charge on any atom is 0.223 e. The van der Waals surface area contributed by atoms with E-state index in [1.54, 1.807) is 0 Å². The number of hydrogen-bond donors (Lipinski definition) is 1. The van der Waals surface area contributed by atoms with Crippen LogP contribution >= 0.6 is 12.4 Å². The first-order chi connectivity index (χ1) is 5.26. The molecular weight excluding hydrogens is 176 g/mol. The molecule has 0 atom stereocenters. The van der Waals surface area contributed by atoms with Gasteiger partial charge in [-0.25, -0.2) is 0 Å². The van der Waals surface area contributed by atoms with Crippen LogP contribution in [-0.2, 0) is 4.79 Å². The summed E-state index contributed by atoms with van der Waals surface area (Å²) in [6, 6.07) is 0. The lowest BCUT2D eigenvalue weighted by molar-refractivity contribution is -0.130. The number of rotatable bonds is 5. The highest BCUT2D eigenvalue weighted by molar-refractivity contribution is 5.85. The fourth-order valence-electron chi connectivity index (χ4n) is 0.966. The molecule has 0 rings (SSSR count). The molecule has 0 aliphatic carbocycles. The lowest BCUT2D eigenvalue weighted by atomic mass is 10.3. The first kappa shape index (κ1) is 14.3. The molecule has 0 spiro atoms. The van der Waals surface area contributed by atoms with Crippen molar-refractivity contribution in [2.75, 3.05) is 26.7 Å². The highest BCUT2D eigenvalue weighted by atomic mass is 35.5. The summed E-state index contributed by atoms with van der Waals surface area (Å²) in [4.78, 5) is 13.1. The summed E-state index contributed by atoms with van der Waals surface area (Å²) in [7, 11) is 1.86. The zero-order chi connectivity index (χ0) is 8.69. The van der Waals surface area contributed by atoms with Crippen molar-refractivity contribution in [3.05, 3.63) is 0 Å². The molecule has 0 bridgehead atoms. The van der Waals surface area contributed by atoms with Gasteiger partial charge in [-0.2, -0.15) is 0 Å². The van der Waals surface area contributed by atoms with Crippen LogP contribution in [0.4, 0.5) is 0 Å². The van der Waals surface area contributed by atoms with Gasteiger partial charge in [0.2, 0.25) is 5.91 Å². The van der Waals surface area contributed by atoms with Crippen molar-refractivity contribution in [1.82, 2.24) is 10.2 Å². The van der Waals surface area contributed by atoms with Gasteiger partial charge in [0.25, 0.3) is 0 Å². The lowest BCUT2D eigenvalue weighted by Crippen LogP contribution is -2.32. The quantitative estimate of drug-likeness (QED) is 0.705. The highest BCUT2D eigenvalue weighted by Gasteiger charge is 2.06. The second-order valence-electron chi connectivity index (χ2n) is 2.42. The molecule has 0 aliphatic rings. The van der Waals surface area contributed by atoms with Crippen molar-refractivity contribution >= 4 is 18.3 Å². The maximum atomic E-state index is 11.3. The third kappa shape index (κ3) is 5.38. The predicted octanol–water partition coefficient (Wildman–Crippen LogP) is 0.886. The van der Waals surface area contributed by atoms with Crippen molar-refractivity contribution in [1.29, 1.82) is 0 Å². The van der Waals surface area contributed by atoms with E-state index in [9.17, 15) is 4.79 Å². The number of halogens is 1. The van der Waals surface area contributed by atoms with Gasteiger partial charge in [0.1, 0.15) is 0 Å². The average molecular weight is 195 g/mol. The Labute approximate surface area is 80.9 Å². The Morgan fingerprint density at radius 2 is 1.83 bits per heavy atom. The molecule has 0 aliphatic heterocycles. The molecule has 3 nitrogen and oxygen atoms in total. The SMILES string of the molecule is CCN(CC)C(=O)CCNC.Cl. The van der Waals surface area contributed by atoms with Crippen LogP contribution in [0.15, 0.2) is 0 Å². The minimum absolute atomic E-state index is 0. The molecule has 0 heterocycles. The normalized spacial score (nSPS) is 8.92. The lowest BCUT2D eigenvalue weighted by Gasteiger charge is -2.18. The molecule has 0 aromatic rings. The van der Waals surface area contributed by atoms with E-state index in [0.717, 1.165) is 19.6 Å². The molecule has 0 unspecified atom stereocenters. The van der Waals surface area contributed by atoms with Crippen molar-refractivity contribution in [3.8, 4) is 0 Å². The van der Waals surface area contributed by atoms with Crippen molar-refractivity contribution in [3.63, 3.8) is 0 Å². The summed E-state index contributed by atoms with van der Waals surface area (Å²) < 4.78 is 0. The Bertz CT molecular complexity index is 116. The zero-order valence-electron chi connectivity index (χ0n) is 8.09. The summed E-state index contributed by atoms with van der Waals surface area (Å²) in [5.74, 6) is 0.240. The van der Waals surface area contributed by atoms with Gasteiger partial charge in [0.05, 0.1) is 0 Å². The first-order valence-corrected chi connectivity index (χ1v) is 4.18. The van der Waals surface area contributed by atoms with Crippen LogP contribution < -0.4 is 5.32 Å². The van der Waals surface area contributed by atoms with E-state index >= 15 is 0 Å². The van der Waals surface area contributed by atoms with Gasteiger partial charge in [-0.05, 0) is 20.9 Å². The topological polar surface area (TPSA) is 32.3 Å². The Balaban J connectivity index is 0. The first-order valence-electron chi connectivity index (χ1n) is 4.18. The fourth-order valence-corrected chi connectivity index (χ4v) is 0.966. The number of nitrogens with zero attached hydrogens (tertiary/aromatic N) is 1. The average Bonchev–Trinajstić information content (AvgIpc) is 2.03. The molecule has 1 N–H and O–H groups in total. The largest absolute Gasteiger partial charge is 0.343 e. The van der Waals surface area contributed by atoms with E-state index in [4.69, 9.17) is 0 Å². The Morgan fingerprint density at radius 1 is 1.33 bits per heavy atom. The molecule has 0 fully saturated rings. The molecule has 12 heavy (non-hydrogen) atoms. The third-order valence-corrected chi connectivity index (χ3v) is 1.71. The minimum Gasteiger partial charge on any atom is -0.343 e. The van der Waals surface area contributed by atoms with Gasteiger partial charge in [-0.15, -0.1) is 12.4 Å². The van der Waals surface area contributed by atoms with Crippen molar-refractivity contribution in [2.45, 2.75) is 20.3 Å². The molecule has 4 heteroatoms. The van der Waals surface area contributed by atoms with Crippen LogP contribution in [0.3, 0.4) is 0 Å². The van der Waals surface area contributed by atoms with Gasteiger partial charge in [-0.3, -0.25) is 4.79 Å². The van der Waals surface area contributed by atoms with Crippen LogP contribution in [0.1, 0.15) is 20.3 Å². The van der Waals surface area contributed by atoms with E-state index in [2.05, 4.69) is 5.32 Å². The number of carbonyl (C=O) groups excluding carboxylic acids is 1. The molecular formula is C8H19ClN2O. The van der Waals surface area contributed by atoms with Crippen LogP contribution in [-0.4, -0.2) is 37.5 Å². The summed E-state index contributed by atoms with van der Waals surface area (Å²) in [5.41, 5.74) is 0. The fraction of sp³-hybridized carbons (Fsp3) is 0.875. The second-order valence-corrected chi connectivity index (χ2v) is 2.42. The third-order valence-electron chi connectivity index (χ3n) is 1.71. The summed E-state index contributed by atoms with van der Waals surface area (Å²) in [5, 5.41) is 2.95. The second kappa shape index (κ2) is 8.81. The maximum absolute atomic E-state index is 11.3. The number of carbonyl (C=O) groups is 1. The molecule has 74 valence electrons. The molecule has 0 saturated carbocycles. The Morgan fingerprint density at radius 3 is 2.17 bits per heavy atom. The summed E-state index contributed by atoms with van der Waals surface area (Å²) >= 11 is 0. The summed E-state index contributed by atoms with van der Waals surface area (Å²) in [6.45, 7) is 6.41. The van der Waals surface area contributed by atoms with Gasteiger partial charge < -0.3 is 10.2 Å². The van der Waals surface area contributed by atoms with E-state index in [1.807, 2.05) is 25.8 Å². The van der Waals surface area contributed by atoms with E-state index in [-0.39, 0.29) is 18.3 Å². The molecule has 0 radical (unpaired) electrons. The standard InChI is InChI=1S/C8H18N2O.ClH/c1-4-10(5-2)8(11)6-7-9-3;/h9H,4-7H2,1-3H3;1H. The van der Waals surface area contributed by atoms with Crippen LogP contribution in [0.25, 0.3) is 0 Å². The molecule has 1 amide bonds. The van der Waals surface area contributed by atoms with E-state index in [1.165, 1.54) is 0 Å². The molecule has 0 aromatic heterocycles. The zero-order valence-corrected chi connectivity index (χ0v) is 8.91. The molecule has 0 saturated heterocycles. The number of hydrogen-bond acceptors (Lipinski definition) is 2.